The van der Waals surface area contributed by atoms with Gasteiger partial charge in [-0.25, -0.2) is 0 Å². The molecule has 1 N–H and O–H groups in total. The molecule has 1 aromatic carbocycles. The van der Waals surface area contributed by atoms with Crippen LogP contribution in [0.25, 0.3) is 0 Å². The smallest absolute Gasteiger partial charge is 0.0849 e. The van der Waals surface area contributed by atoms with Crippen LogP contribution in [0.15, 0.2) is 24.3 Å². The predicted octanol–water partition coefficient (Wildman–Crippen LogP) is 4.09. The maximum absolute atomic E-state index is 5.94. The number of hydrogen-bond donors (Lipinski definition) is 1. The lowest BCUT2D eigenvalue weighted by Gasteiger charge is -2.33. The van der Waals surface area contributed by atoms with Crippen molar-refractivity contribution in [2.24, 2.45) is 11.8 Å². The lowest BCUT2D eigenvalue weighted by Crippen LogP contribution is -2.33. The molecule has 108 valence electrons. The Kier molecular flexibility index (Phi) is 7.16. The van der Waals surface area contributed by atoms with E-state index in [9.17, 15) is 0 Å². The van der Waals surface area contributed by atoms with Gasteiger partial charge in [-0.1, -0.05) is 30.7 Å². The van der Waals surface area contributed by atoms with Crippen LogP contribution in [-0.2, 0) is 4.74 Å². The van der Waals surface area contributed by atoms with Crippen molar-refractivity contribution in [3.05, 3.63) is 34.9 Å². The minimum Gasteiger partial charge on any atom is -0.376 e. The van der Waals surface area contributed by atoms with Crippen molar-refractivity contribution in [2.45, 2.75) is 25.9 Å². The van der Waals surface area contributed by atoms with Crippen molar-refractivity contribution in [2.75, 3.05) is 20.2 Å². The van der Waals surface area contributed by atoms with Crippen molar-refractivity contribution in [1.29, 1.82) is 0 Å². The second-order valence-corrected chi connectivity index (χ2v) is 5.59. The molecule has 2 rings (SSSR count). The first kappa shape index (κ1) is 16.8. The van der Waals surface area contributed by atoms with Gasteiger partial charge in [-0.15, -0.1) is 12.4 Å². The van der Waals surface area contributed by atoms with Crippen molar-refractivity contribution in [1.82, 2.24) is 5.32 Å². The molecule has 0 radical (unpaired) electrons. The highest BCUT2D eigenvalue weighted by molar-refractivity contribution is 6.30. The zero-order valence-corrected chi connectivity index (χ0v) is 13.1. The number of rotatable bonds is 4. The Morgan fingerprint density at radius 2 is 1.79 bits per heavy atom. The number of nitrogens with one attached hydrogen (secondary N) is 1. The molecule has 2 atom stereocenters. The van der Waals surface area contributed by atoms with E-state index in [4.69, 9.17) is 16.3 Å². The molecule has 0 bridgehead atoms. The van der Waals surface area contributed by atoms with Gasteiger partial charge in [-0.3, -0.25) is 0 Å². The van der Waals surface area contributed by atoms with Crippen LogP contribution < -0.4 is 5.32 Å². The summed E-state index contributed by atoms with van der Waals surface area (Å²) < 4.78 is 5.73. The highest BCUT2D eigenvalue weighted by atomic mass is 35.5. The lowest BCUT2D eigenvalue weighted by molar-refractivity contribution is 0.0263. The topological polar surface area (TPSA) is 21.3 Å². The maximum Gasteiger partial charge on any atom is 0.0849 e. The van der Waals surface area contributed by atoms with Crippen LogP contribution in [0, 0.1) is 11.8 Å². The van der Waals surface area contributed by atoms with Gasteiger partial charge >= 0.3 is 0 Å². The van der Waals surface area contributed by atoms with Gasteiger partial charge in [0.25, 0.3) is 0 Å². The Morgan fingerprint density at radius 1 is 1.21 bits per heavy atom. The zero-order valence-electron chi connectivity index (χ0n) is 11.6. The predicted molar refractivity (Wildman–Crippen MR) is 83.2 cm³/mol. The molecule has 1 aliphatic heterocycles. The van der Waals surface area contributed by atoms with Crippen LogP contribution in [0.2, 0.25) is 5.02 Å². The molecule has 2 nitrogen and oxygen atoms in total. The van der Waals surface area contributed by atoms with Gasteiger partial charge in [0.1, 0.15) is 0 Å². The van der Waals surface area contributed by atoms with Crippen LogP contribution in [0.5, 0.6) is 0 Å². The zero-order chi connectivity index (χ0) is 13.0. The minimum atomic E-state index is 0. The fraction of sp³-hybridized carbons (Fsp3) is 0.600. The maximum atomic E-state index is 5.94. The monoisotopic (exact) mass is 303 g/mol. The number of halogens is 2. The van der Waals surface area contributed by atoms with E-state index >= 15 is 0 Å². The van der Waals surface area contributed by atoms with Gasteiger partial charge in [0.2, 0.25) is 0 Å². The van der Waals surface area contributed by atoms with Crippen LogP contribution in [0.4, 0.5) is 0 Å². The van der Waals surface area contributed by atoms with E-state index in [1.165, 1.54) is 18.4 Å². The normalized spacial score (nSPS) is 19.5. The molecule has 0 aromatic heterocycles. The second kappa shape index (κ2) is 8.11. The number of piperidine rings is 1. The van der Waals surface area contributed by atoms with Crippen molar-refractivity contribution < 1.29 is 4.74 Å². The third-order valence-corrected chi connectivity index (χ3v) is 4.31. The quantitative estimate of drug-likeness (QED) is 0.905. The molecule has 4 heteroatoms. The van der Waals surface area contributed by atoms with Crippen LogP contribution in [-0.4, -0.2) is 20.2 Å². The van der Waals surface area contributed by atoms with Crippen LogP contribution in [0.1, 0.15) is 31.4 Å². The van der Waals surface area contributed by atoms with Gasteiger partial charge in [0.05, 0.1) is 6.10 Å². The highest BCUT2D eigenvalue weighted by Gasteiger charge is 2.27. The van der Waals surface area contributed by atoms with Crippen LogP contribution in [0.3, 0.4) is 0 Å². The molecule has 0 aliphatic carbocycles. The van der Waals surface area contributed by atoms with Gasteiger partial charge in [0, 0.05) is 12.1 Å². The summed E-state index contributed by atoms with van der Waals surface area (Å²) in [5, 5.41) is 4.20. The van der Waals surface area contributed by atoms with Crippen molar-refractivity contribution in [3.63, 3.8) is 0 Å². The molecule has 1 heterocycles. The van der Waals surface area contributed by atoms with Gasteiger partial charge < -0.3 is 10.1 Å². The average Bonchev–Trinajstić information content (AvgIpc) is 2.42. The first-order chi connectivity index (χ1) is 8.72. The van der Waals surface area contributed by atoms with Gasteiger partial charge in [0.15, 0.2) is 0 Å². The largest absolute Gasteiger partial charge is 0.376 e. The number of ether oxygens (including phenoxy) is 1. The van der Waals surface area contributed by atoms with Crippen molar-refractivity contribution >= 4 is 24.0 Å². The molecular weight excluding hydrogens is 281 g/mol. The molecule has 0 saturated carbocycles. The summed E-state index contributed by atoms with van der Waals surface area (Å²) in [5.41, 5.74) is 1.23. The molecular formula is C15H23Cl2NO. The van der Waals surface area contributed by atoms with E-state index in [1.807, 2.05) is 12.1 Å². The highest BCUT2D eigenvalue weighted by Crippen LogP contribution is 2.35. The van der Waals surface area contributed by atoms with E-state index in [1.54, 1.807) is 7.11 Å². The average molecular weight is 304 g/mol. The van der Waals surface area contributed by atoms with E-state index in [0.29, 0.717) is 5.92 Å². The summed E-state index contributed by atoms with van der Waals surface area (Å²) in [6.45, 7) is 4.57. The molecule has 2 unspecified atom stereocenters. The molecule has 19 heavy (non-hydrogen) atoms. The summed E-state index contributed by atoms with van der Waals surface area (Å²) in [6.07, 6.45) is 2.66. The second-order valence-electron chi connectivity index (χ2n) is 5.15. The molecule has 0 amide bonds. The number of benzene rings is 1. The summed E-state index contributed by atoms with van der Waals surface area (Å²) >= 11 is 5.94. The fourth-order valence-corrected chi connectivity index (χ4v) is 3.05. The molecule has 1 aromatic rings. The number of hydrogen-bond acceptors (Lipinski definition) is 2. The number of methoxy groups -OCH3 is 1. The standard InChI is InChI=1S/C15H22ClNO.ClH/c1-11(12-7-9-17-10-8-12)15(18-2)13-3-5-14(16)6-4-13;/h3-6,11-12,15,17H,7-10H2,1-2H3;1H. The van der Waals surface area contributed by atoms with Gasteiger partial charge in [-0.2, -0.15) is 0 Å². The summed E-state index contributed by atoms with van der Waals surface area (Å²) in [4.78, 5) is 0. The van der Waals surface area contributed by atoms with Crippen molar-refractivity contribution in [3.8, 4) is 0 Å². The Bertz CT molecular complexity index is 363. The third kappa shape index (κ3) is 4.35. The molecule has 0 spiro atoms. The first-order valence-corrected chi connectivity index (χ1v) is 7.09. The molecule has 1 saturated heterocycles. The Hall–Kier alpha value is -0.280. The van der Waals surface area contributed by atoms with E-state index in [-0.39, 0.29) is 18.5 Å². The fourth-order valence-electron chi connectivity index (χ4n) is 2.92. The summed E-state index contributed by atoms with van der Waals surface area (Å²) in [7, 11) is 1.80. The Labute approximate surface area is 127 Å². The third-order valence-electron chi connectivity index (χ3n) is 4.06. The van der Waals surface area contributed by atoms with E-state index in [2.05, 4.69) is 24.4 Å². The first-order valence-electron chi connectivity index (χ1n) is 6.71. The summed E-state index contributed by atoms with van der Waals surface area (Å²) in [6, 6.07) is 8.04. The lowest BCUT2D eigenvalue weighted by atomic mass is 9.80. The SMILES string of the molecule is COC(c1ccc(Cl)cc1)C(C)C1CCNCC1.Cl. The van der Waals surface area contributed by atoms with E-state index < -0.39 is 0 Å². The Balaban J connectivity index is 0.00000180. The minimum absolute atomic E-state index is 0. The Morgan fingerprint density at radius 3 is 2.32 bits per heavy atom. The van der Waals surface area contributed by atoms with Gasteiger partial charge in [-0.05, 0) is 55.5 Å². The molecule has 1 fully saturated rings. The summed E-state index contributed by atoms with van der Waals surface area (Å²) in [5.74, 6) is 1.28. The van der Waals surface area contributed by atoms with Crippen LogP contribution >= 0.6 is 24.0 Å². The van der Waals surface area contributed by atoms with E-state index in [0.717, 1.165) is 24.0 Å². The molecule has 1 aliphatic rings.